The van der Waals surface area contributed by atoms with Gasteiger partial charge in [0.15, 0.2) is 11.8 Å². The van der Waals surface area contributed by atoms with Gasteiger partial charge in [-0.05, 0) is 19.8 Å². The first-order chi connectivity index (χ1) is 12.6. The van der Waals surface area contributed by atoms with Crippen LogP contribution >= 0.6 is 11.3 Å². The standard InChI is InChI=1S/C17H29N7OS/c1-5-14-11-20-16(26-14)7-9-19-17(18-8-6-10-25-4)21-12-15-23-22-13(2)24(15)3/h11H,5-10,12H2,1-4H3,(H2,18,19,21). The molecule has 0 aliphatic rings. The van der Waals surface area contributed by atoms with E-state index < -0.39 is 0 Å². The summed E-state index contributed by atoms with van der Waals surface area (Å²) in [5, 5.41) is 16.1. The van der Waals surface area contributed by atoms with Crippen LogP contribution in [0.4, 0.5) is 0 Å². The van der Waals surface area contributed by atoms with Crippen LogP contribution in [0.5, 0.6) is 0 Å². The quantitative estimate of drug-likeness (QED) is 0.369. The van der Waals surface area contributed by atoms with Gasteiger partial charge in [-0.2, -0.15) is 0 Å². The Labute approximate surface area is 159 Å². The third-order valence-corrected chi connectivity index (χ3v) is 5.16. The molecule has 2 heterocycles. The first kappa shape index (κ1) is 20.3. The van der Waals surface area contributed by atoms with E-state index >= 15 is 0 Å². The third kappa shape index (κ3) is 6.38. The third-order valence-electron chi connectivity index (χ3n) is 3.96. The van der Waals surface area contributed by atoms with Crippen LogP contribution in [0.1, 0.15) is 34.9 Å². The van der Waals surface area contributed by atoms with Crippen LogP contribution in [0.3, 0.4) is 0 Å². The van der Waals surface area contributed by atoms with E-state index in [-0.39, 0.29) is 0 Å². The molecule has 2 aromatic rings. The second-order valence-electron chi connectivity index (χ2n) is 5.91. The van der Waals surface area contributed by atoms with Crippen molar-refractivity contribution in [3.05, 3.63) is 27.7 Å². The number of hydrogen-bond donors (Lipinski definition) is 2. The zero-order valence-electron chi connectivity index (χ0n) is 16.1. The lowest BCUT2D eigenvalue weighted by Gasteiger charge is -2.12. The molecule has 0 bridgehead atoms. The molecule has 0 aromatic carbocycles. The number of nitrogens with one attached hydrogen (secondary N) is 2. The van der Waals surface area contributed by atoms with E-state index in [4.69, 9.17) is 4.74 Å². The molecule has 0 atom stereocenters. The SMILES string of the molecule is CCc1cnc(CCNC(=NCc2nnc(C)n2C)NCCCOC)s1. The van der Waals surface area contributed by atoms with Crippen LogP contribution in [0, 0.1) is 6.92 Å². The van der Waals surface area contributed by atoms with Crippen LogP contribution in [0.25, 0.3) is 0 Å². The fourth-order valence-corrected chi connectivity index (χ4v) is 3.11. The van der Waals surface area contributed by atoms with Crippen LogP contribution in [0.2, 0.25) is 0 Å². The smallest absolute Gasteiger partial charge is 0.191 e. The van der Waals surface area contributed by atoms with Crippen molar-refractivity contribution in [2.24, 2.45) is 12.0 Å². The second kappa shape index (κ2) is 10.9. The van der Waals surface area contributed by atoms with Gasteiger partial charge >= 0.3 is 0 Å². The molecule has 2 aromatic heterocycles. The van der Waals surface area contributed by atoms with E-state index in [0.29, 0.717) is 6.54 Å². The summed E-state index contributed by atoms with van der Waals surface area (Å²) in [7, 11) is 3.66. The Morgan fingerprint density at radius 2 is 2.12 bits per heavy atom. The first-order valence-corrected chi connectivity index (χ1v) is 9.75. The van der Waals surface area contributed by atoms with E-state index in [2.05, 4.69) is 37.7 Å². The van der Waals surface area contributed by atoms with E-state index in [1.54, 1.807) is 18.4 Å². The summed E-state index contributed by atoms with van der Waals surface area (Å²) in [4.78, 5) is 10.4. The highest BCUT2D eigenvalue weighted by atomic mass is 32.1. The van der Waals surface area contributed by atoms with Gasteiger partial charge in [-0.15, -0.1) is 21.5 Å². The van der Waals surface area contributed by atoms with Gasteiger partial charge in [0.1, 0.15) is 12.4 Å². The summed E-state index contributed by atoms with van der Waals surface area (Å²) in [6.45, 7) is 6.87. The Morgan fingerprint density at radius 3 is 2.77 bits per heavy atom. The van der Waals surface area contributed by atoms with Crippen molar-refractivity contribution >= 4 is 17.3 Å². The van der Waals surface area contributed by atoms with Crippen molar-refractivity contribution in [1.82, 2.24) is 30.4 Å². The molecule has 0 aliphatic heterocycles. The molecule has 0 fully saturated rings. The Hall–Kier alpha value is -2.00. The fourth-order valence-electron chi connectivity index (χ4n) is 2.25. The fraction of sp³-hybridized carbons (Fsp3) is 0.647. The lowest BCUT2D eigenvalue weighted by molar-refractivity contribution is 0.195. The highest BCUT2D eigenvalue weighted by Gasteiger charge is 2.06. The number of rotatable bonds is 10. The summed E-state index contributed by atoms with van der Waals surface area (Å²) < 4.78 is 7.05. The van der Waals surface area contributed by atoms with Crippen molar-refractivity contribution in [2.75, 3.05) is 26.8 Å². The average molecular weight is 380 g/mol. The molecular formula is C17H29N7OS. The van der Waals surface area contributed by atoms with Crippen molar-refractivity contribution in [2.45, 2.75) is 39.7 Å². The van der Waals surface area contributed by atoms with Crippen molar-refractivity contribution in [1.29, 1.82) is 0 Å². The summed E-state index contributed by atoms with van der Waals surface area (Å²) in [5.74, 6) is 2.50. The van der Waals surface area contributed by atoms with E-state index in [0.717, 1.165) is 61.6 Å². The van der Waals surface area contributed by atoms with Crippen LogP contribution in [-0.4, -0.2) is 52.5 Å². The predicted octanol–water partition coefficient (Wildman–Crippen LogP) is 1.46. The minimum Gasteiger partial charge on any atom is -0.385 e. The number of aryl methyl sites for hydroxylation is 2. The maximum Gasteiger partial charge on any atom is 0.191 e. The molecule has 0 amide bonds. The molecule has 8 nitrogen and oxygen atoms in total. The van der Waals surface area contributed by atoms with Crippen molar-refractivity contribution < 1.29 is 4.74 Å². The van der Waals surface area contributed by atoms with Gasteiger partial charge in [0.25, 0.3) is 0 Å². The highest BCUT2D eigenvalue weighted by molar-refractivity contribution is 7.11. The molecule has 0 saturated heterocycles. The number of aliphatic imine (C=N–C) groups is 1. The number of thiazole rings is 1. The zero-order chi connectivity index (χ0) is 18.8. The molecular weight excluding hydrogens is 350 g/mol. The summed E-state index contributed by atoms with van der Waals surface area (Å²) in [5.41, 5.74) is 0. The summed E-state index contributed by atoms with van der Waals surface area (Å²) in [6.07, 6.45) is 4.81. The normalized spacial score (nSPS) is 11.8. The van der Waals surface area contributed by atoms with Gasteiger partial charge in [-0.1, -0.05) is 6.92 Å². The number of ether oxygens (including phenoxy) is 1. The number of guanidine groups is 1. The second-order valence-corrected chi connectivity index (χ2v) is 7.11. The summed E-state index contributed by atoms with van der Waals surface area (Å²) >= 11 is 1.77. The molecule has 2 N–H and O–H groups in total. The van der Waals surface area contributed by atoms with Gasteiger partial charge in [0.05, 0.1) is 5.01 Å². The lowest BCUT2D eigenvalue weighted by Crippen LogP contribution is -2.39. The number of methoxy groups -OCH3 is 1. The Bertz CT molecular complexity index is 695. The molecule has 144 valence electrons. The number of hydrogen-bond acceptors (Lipinski definition) is 6. The van der Waals surface area contributed by atoms with E-state index in [1.807, 2.05) is 24.7 Å². The molecule has 2 rings (SSSR count). The molecule has 9 heteroatoms. The van der Waals surface area contributed by atoms with Gasteiger partial charge in [-0.25, -0.2) is 9.98 Å². The van der Waals surface area contributed by atoms with Crippen LogP contribution < -0.4 is 10.6 Å². The average Bonchev–Trinajstić information content (AvgIpc) is 3.23. The van der Waals surface area contributed by atoms with Crippen molar-refractivity contribution in [3.63, 3.8) is 0 Å². The van der Waals surface area contributed by atoms with Crippen LogP contribution in [-0.2, 0) is 31.2 Å². The molecule has 0 aliphatic carbocycles. The highest BCUT2D eigenvalue weighted by Crippen LogP contribution is 2.13. The molecule has 0 spiro atoms. The van der Waals surface area contributed by atoms with Crippen LogP contribution in [0.15, 0.2) is 11.2 Å². The molecule has 0 radical (unpaired) electrons. The lowest BCUT2D eigenvalue weighted by atomic mass is 10.4. The summed E-state index contributed by atoms with van der Waals surface area (Å²) in [6, 6.07) is 0. The van der Waals surface area contributed by atoms with E-state index in [9.17, 15) is 0 Å². The van der Waals surface area contributed by atoms with E-state index in [1.165, 1.54) is 4.88 Å². The minimum atomic E-state index is 0.480. The molecule has 0 saturated carbocycles. The number of nitrogens with zero attached hydrogens (tertiary/aromatic N) is 5. The maximum atomic E-state index is 5.09. The van der Waals surface area contributed by atoms with Gasteiger partial charge in [0, 0.05) is 51.3 Å². The van der Waals surface area contributed by atoms with Gasteiger partial charge < -0.3 is 19.9 Å². The Balaban J connectivity index is 1.88. The van der Waals surface area contributed by atoms with Gasteiger partial charge in [-0.3, -0.25) is 0 Å². The Morgan fingerprint density at radius 1 is 1.31 bits per heavy atom. The Kier molecular flexibility index (Phi) is 8.49. The van der Waals surface area contributed by atoms with Gasteiger partial charge in [0.2, 0.25) is 0 Å². The zero-order valence-corrected chi connectivity index (χ0v) is 16.9. The maximum absolute atomic E-state index is 5.09. The molecule has 0 unspecified atom stereocenters. The minimum absolute atomic E-state index is 0.480. The monoisotopic (exact) mass is 379 g/mol. The largest absolute Gasteiger partial charge is 0.385 e. The topological polar surface area (TPSA) is 89.3 Å². The number of aromatic nitrogens is 4. The van der Waals surface area contributed by atoms with Crippen molar-refractivity contribution in [3.8, 4) is 0 Å². The predicted molar refractivity (Wildman–Crippen MR) is 105 cm³/mol. The molecule has 26 heavy (non-hydrogen) atoms. The first-order valence-electron chi connectivity index (χ1n) is 8.93.